The number of ether oxygens (including phenoxy) is 1. The van der Waals surface area contributed by atoms with Crippen LogP contribution in [0.5, 0.6) is 5.75 Å². The van der Waals surface area contributed by atoms with Gasteiger partial charge in [0.1, 0.15) is 11.9 Å². The van der Waals surface area contributed by atoms with Crippen LogP contribution in [-0.2, 0) is 0 Å². The number of aliphatic hydroxyl groups is 1. The normalized spacial score (nSPS) is 12.6. The number of aliphatic hydroxyl groups excluding tert-OH is 1. The number of nitrogens with zero attached hydrogens (tertiary/aromatic N) is 1. The first-order valence-electron chi connectivity index (χ1n) is 5.38. The van der Waals surface area contributed by atoms with E-state index in [4.69, 9.17) is 4.74 Å². The van der Waals surface area contributed by atoms with Gasteiger partial charge in [0.15, 0.2) is 5.78 Å². The van der Waals surface area contributed by atoms with Crippen molar-refractivity contribution < 1.29 is 14.6 Å². The molecule has 1 aromatic rings. The highest BCUT2D eigenvalue weighted by atomic mass is 16.5. The third-order valence-corrected chi connectivity index (χ3v) is 2.06. The number of ketones is 1. The average molecular weight is 223 g/mol. The van der Waals surface area contributed by atoms with Crippen LogP contribution in [0.3, 0.4) is 0 Å². The van der Waals surface area contributed by atoms with Gasteiger partial charge in [0.25, 0.3) is 0 Å². The second-order valence-electron chi connectivity index (χ2n) is 3.86. The second kappa shape index (κ2) is 5.61. The lowest BCUT2D eigenvalue weighted by molar-refractivity contribution is 0.0739. The number of carbonyl (C=O) groups excluding carboxylic acids is 1. The van der Waals surface area contributed by atoms with Crippen LogP contribution in [0.25, 0.3) is 0 Å². The Kier molecular flexibility index (Phi) is 4.43. The Bertz CT molecular complexity index is 363. The zero-order valence-corrected chi connectivity index (χ0v) is 9.80. The standard InChI is InChI=1S/C12H17NO3/c1-4-11(14)12(15)9-5-10(7-13-6-9)16-8(2)3/h5-8,11,14H,4H2,1-3H3. The lowest BCUT2D eigenvalue weighted by Crippen LogP contribution is -2.19. The number of Topliss-reactive ketones (excluding diaryl/α,β-unsaturated/α-hetero) is 1. The number of hydrogen-bond acceptors (Lipinski definition) is 4. The fourth-order valence-corrected chi connectivity index (χ4v) is 1.27. The van der Waals surface area contributed by atoms with E-state index in [0.717, 1.165) is 0 Å². The number of hydrogen-bond donors (Lipinski definition) is 1. The molecule has 88 valence electrons. The van der Waals surface area contributed by atoms with E-state index in [1.807, 2.05) is 13.8 Å². The Morgan fingerprint density at radius 3 is 2.75 bits per heavy atom. The van der Waals surface area contributed by atoms with Gasteiger partial charge in [0.05, 0.1) is 12.3 Å². The lowest BCUT2D eigenvalue weighted by atomic mass is 10.1. The average Bonchev–Trinajstić information content (AvgIpc) is 2.26. The molecule has 1 unspecified atom stereocenters. The molecule has 0 aliphatic rings. The smallest absolute Gasteiger partial charge is 0.192 e. The zero-order chi connectivity index (χ0) is 12.1. The zero-order valence-electron chi connectivity index (χ0n) is 9.80. The predicted octanol–water partition coefficient (Wildman–Crippen LogP) is 1.82. The minimum Gasteiger partial charge on any atom is -0.489 e. The molecular formula is C12H17NO3. The molecule has 1 atom stereocenters. The fraction of sp³-hybridized carbons (Fsp3) is 0.500. The molecule has 0 spiro atoms. The van der Waals surface area contributed by atoms with Gasteiger partial charge >= 0.3 is 0 Å². The van der Waals surface area contributed by atoms with Crippen LogP contribution < -0.4 is 4.74 Å². The third kappa shape index (κ3) is 3.31. The molecule has 0 fully saturated rings. The first-order valence-corrected chi connectivity index (χ1v) is 5.38. The molecule has 0 amide bonds. The van der Waals surface area contributed by atoms with E-state index in [1.165, 1.54) is 6.20 Å². The molecule has 4 nitrogen and oxygen atoms in total. The Balaban J connectivity index is 2.85. The van der Waals surface area contributed by atoms with Gasteiger partial charge in [-0.3, -0.25) is 9.78 Å². The van der Waals surface area contributed by atoms with Gasteiger partial charge in [-0.15, -0.1) is 0 Å². The van der Waals surface area contributed by atoms with E-state index in [0.29, 0.717) is 17.7 Å². The van der Waals surface area contributed by atoms with Gasteiger partial charge in [-0.25, -0.2) is 0 Å². The highest BCUT2D eigenvalue weighted by Crippen LogP contribution is 2.15. The van der Waals surface area contributed by atoms with Gasteiger partial charge in [0, 0.05) is 11.8 Å². The molecule has 1 rings (SSSR count). The minimum absolute atomic E-state index is 0.0308. The molecule has 1 aromatic heterocycles. The van der Waals surface area contributed by atoms with Crippen LogP contribution in [0.2, 0.25) is 0 Å². The summed E-state index contributed by atoms with van der Waals surface area (Å²) in [7, 11) is 0. The summed E-state index contributed by atoms with van der Waals surface area (Å²) in [6, 6.07) is 1.61. The summed E-state index contributed by atoms with van der Waals surface area (Å²) < 4.78 is 5.42. The monoisotopic (exact) mass is 223 g/mol. The molecule has 0 aliphatic carbocycles. The maximum atomic E-state index is 11.7. The maximum Gasteiger partial charge on any atom is 0.192 e. The SMILES string of the molecule is CCC(O)C(=O)c1cncc(OC(C)C)c1. The summed E-state index contributed by atoms with van der Waals surface area (Å²) in [4.78, 5) is 15.6. The van der Waals surface area contributed by atoms with Crippen molar-refractivity contribution in [2.75, 3.05) is 0 Å². The van der Waals surface area contributed by atoms with Crippen molar-refractivity contribution in [2.45, 2.75) is 39.4 Å². The van der Waals surface area contributed by atoms with Crippen LogP contribution >= 0.6 is 0 Å². The van der Waals surface area contributed by atoms with E-state index in [1.54, 1.807) is 19.2 Å². The summed E-state index contributed by atoms with van der Waals surface area (Å²) in [5.74, 6) is 0.230. The van der Waals surface area contributed by atoms with Crippen LogP contribution in [0.15, 0.2) is 18.5 Å². The molecule has 0 saturated heterocycles. The highest BCUT2D eigenvalue weighted by Gasteiger charge is 2.16. The van der Waals surface area contributed by atoms with Crippen molar-refractivity contribution >= 4 is 5.78 Å². The van der Waals surface area contributed by atoms with Crippen LogP contribution in [0.4, 0.5) is 0 Å². The van der Waals surface area contributed by atoms with Gasteiger partial charge < -0.3 is 9.84 Å². The first-order chi connectivity index (χ1) is 7.54. The molecule has 4 heteroatoms. The van der Waals surface area contributed by atoms with Crippen molar-refractivity contribution in [1.29, 1.82) is 0 Å². The summed E-state index contributed by atoms with van der Waals surface area (Å²) in [6.07, 6.45) is 2.46. The van der Waals surface area contributed by atoms with Crippen molar-refractivity contribution in [3.05, 3.63) is 24.0 Å². The number of aromatic nitrogens is 1. The Morgan fingerprint density at radius 2 is 2.19 bits per heavy atom. The van der Waals surface area contributed by atoms with Gasteiger partial charge in [-0.05, 0) is 26.3 Å². The summed E-state index contributed by atoms with van der Waals surface area (Å²) in [6.45, 7) is 5.55. The quantitative estimate of drug-likeness (QED) is 0.773. The van der Waals surface area contributed by atoms with E-state index in [-0.39, 0.29) is 11.9 Å². The Labute approximate surface area is 95.3 Å². The third-order valence-electron chi connectivity index (χ3n) is 2.06. The summed E-state index contributed by atoms with van der Waals surface area (Å²) in [5.41, 5.74) is 0.382. The molecule has 0 aromatic carbocycles. The van der Waals surface area contributed by atoms with Crippen molar-refractivity contribution in [3.63, 3.8) is 0 Å². The summed E-state index contributed by atoms with van der Waals surface area (Å²) >= 11 is 0. The predicted molar refractivity (Wildman–Crippen MR) is 60.6 cm³/mol. The maximum absolute atomic E-state index is 11.7. The van der Waals surface area contributed by atoms with E-state index >= 15 is 0 Å². The molecule has 1 N–H and O–H groups in total. The lowest BCUT2D eigenvalue weighted by Gasteiger charge is -2.11. The molecular weight excluding hydrogens is 206 g/mol. The Morgan fingerprint density at radius 1 is 1.50 bits per heavy atom. The number of pyridine rings is 1. The highest BCUT2D eigenvalue weighted by molar-refractivity contribution is 5.99. The van der Waals surface area contributed by atoms with Crippen LogP contribution in [-0.4, -0.2) is 28.1 Å². The topological polar surface area (TPSA) is 59.4 Å². The van der Waals surface area contributed by atoms with Gasteiger partial charge in [-0.1, -0.05) is 6.92 Å². The van der Waals surface area contributed by atoms with Gasteiger partial charge in [0.2, 0.25) is 0 Å². The molecule has 0 bridgehead atoms. The van der Waals surface area contributed by atoms with Gasteiger partial charge in [-0.2, -0.15) is 0 Å². The number of rotatable bonds is 5. The largest absolute Gasteiger partial charge is 0.489 e. The van der Waals surface area contributed by atoms with Crippen molar-refractivity contribution in [2.24, 2.45) is 0 Å². The molecule has 0 aliphatic heterocycles. The van der Waals surface area contributed by atoms with Crippen LogP contribution in [0, 0.1) is 0 Å². The summed E-state index contributed by atoms with van der Waals surface area (Å²) in [5, 5.41) is 9.43. The molecule has 0 radical (unpaired) electrons. The minimum atomic E-state index is -0.962. The Hall–Kier alpha value is -1.42. The van der Waals surface area contributed by atoms with Crippen LogP contribution in [0.1, 0.15) is 37.6 Å². The van der Waals surface area contributed by atoms with Crippen molar-refractivity contribution in [1.82, 2.24) is 4.98 Å². The molecule has 0 saturated carbocycles. The van der Waals surface area contributed by atoms with Crippen molar-refractivity contribution in [3.8, 4) is 5.75 Å². The first kappa shape index (κ1) is 12.6. The van der Waals surface area contributed by atoms with E-state index in [9.17, 15) is 9.90 Å². The second-order valence-corrected chi connectivity index (χ2v) is 3.86. The van der Waals surface area contributed by atoms with E-state index < -0.39 is 6.10 Å². The van der Waals surface area contributed by atoms with E-state index in [2.05, 4.69) is 4.98 Å². The molecule has 1 heterocycles. The fourth-order valence-electron chi connectivity index (χ4n) is 1.27. The molecule has 16 heavy (non-hydrogen) atoms. The number of carbonyl (C=O) groups is 1.